The topological polar surface area (TPSA) is 156 Å². The molecule has 0 atom stereocenters. The van der Waals surface area contributed by atoms with Gasteiger partial charge in [-0.15, -0.1) is 0 Å². The van der Waals surface area contributed by atoms with Crippen LogP contribution in [0.25, 0.3) is 0 Å². The summed E-state index contributed by atoms with van der Waals surface area (Å²) in [4.78, 5) is 20.5. The molecule has 0 aliphatic rings. The monoisotopic (exact) mass is 522 g/mol. The van der Waals surface area contributed by atoms with E-state index in [1.54, 1.807) is 73.7 Å². The molecule has 0 saturated carbocycles. The Morgan fingerprint density at radius 3 is 1.43 bits per heavy atom. The van der Waals surface area contributed by atoms with Crippen LogP contribution in [0.3, 0.4) is 0 Å². The number of hydrogen-bond acceptors (Lipinski definition) is 9. The zero-order chi connectivity index (χ0) is 24.2. The Morgan fingerprint density at radius 2 is 1.11 bits per heavy atom. The number of benzene rings is 3. The zero-order valence-corrected chi connectivity index (χ0v) is 25.6. The average molecular weight is 523 g/mol. The van der Waals surface area contributed by atoms with Crippen molar-refractivity contribution in [2.24, 2.45) is 0 Å². The van der Waals surface area contributed by atoms with E-state index in [9.17, 15) is 4.79 Å². The molecule has 0 spiro atoms. The van der Waals surface area contributed by atoms with Gasteiger partial charge in [-0.1, -0.05) is 0 Å². The summed E-state index contributed by atoms with van der Waals surface area (Å²) in [6.45, 7) is 1.97. The van der Waals surface area contributed by atoms with Gasteiger partial charge in [-0.2, -0.15) is 10.5 Å². The maximum Gasteiger partial charge on any atom is 1.00 e. The minimum Gasteiger partial charge on any atom is -0.652 e. The minimum atomic E-state index is -2.33. The van der Waals surface area contributed by atoms with Crippen LogP contribution < -0.4 is 122 Å². The number of nitrogens with zero attached hydrogens (tertiary/aromatic N) is 2. The van der Waals surface area contributed by atoms with Gasteiger partial charge < -0.3 is 29.2 Å². The van der Waals surface area contributed by atoms with Gasteiger partial charge in [0.25, 0.3) is 0 Å². The van der Waals surface area contributed by atoms with Crippen molar-refractivity contribution < 1.29 is 137 Å². The Hall–Kier alpha value is -1.75. The Labute approximate surface area is 287 Å². The second-order valence-electron chi connectivity index (χ2n) is 6.14. The average Bonchev–Trinajstić information content (AvgIpc) is 2.80. The molecule has 0 fully saturated rings. The third-order valence-corrected chi connectivity index (χ3v) is 3.83. The third kappa shape index (κ3) is 12.2. The van der Waals surface area contributed by atoms with E-state index in [0.29, 0.717) is 34.1 Å². The van der Waals surface area contributed by atoms with Crippen LogP contribution in [0.2, 0.25) is 0 Å². The molecule has 0 aliphatic carbocycles. The Bertz CT molecular complexity index is 1120. The summed E-state index contributed by atoms with van der Waals surface area (Å²) in [7, 11) is 0. The zero-order valence-electron chi connectivity index (χ0n) is 19.3. The van der Waals surface area contributed by atoms with Crippen molar-refractivity contribution in [3.05, 3.63) is 83.4 Å². The molecule has 0 N–H and O–H groups in total. The standard InChI is InChI=1S/C23H16N2O4.CH2O3.2K/c1-2-27-23(26)18-11-21(28-19-7-3-16(14-24)4-8-19)13-22(12-18)29-20-9-5-17(15-25)6-10-20;2-1(3)4;;/h3-13H,2H2,1H3;(H2,2,3,4);;/q;;2*+1/p-2. The molecule has 3 aromatic carbocycles. The number of rotatable bonds is 6. The van der Waals surface area contributed by atoms with E-state index in [1.165, 1.54) is 0 Å². The van der Waals surface area contributed by atoms with Crippen molar-refractivity contribution in [3.8, 4) is 35.1 Å². The van der Waals surface area contributed by atoms with Gasteiger partial charge >= 0.3 is 109 Å². The molecule has 3 rings (SSSR count). The van der Waals surface area contributed by atoms with Crippen LogP contribution >= 0.6 is 0 Å². The molecule has 9 nitrogen and oxygen atoms in total. The van der Waals surface area contributed by atoms with Crippen LogP contribution in [0, 0.1) is 22.7 Å². The van der Waals surface area contributed by atoms with Crippen molar-refractivity contribution in [1.29, 1.82) is 10.5 Å². The number of ether oxygens (including phenoxy) is 3. The largest absolute Gasteiger partial charge is 1.00 e. The Kier molecular flexibility index (Phi) is 16.8. The summed E-state index contributed by atoms with van der Waals surface area (Å²) in [5, 5.41) is 34.5. The van der Waals surface area contributed by atoms with Crippen LogP contribution in [-0.2, 0) is 4.74 Å². The quantitative estimate of drug-likeness (QED) is 0.240. The van der Waals surface area contributed by atoms with E-state index >= 15 is 0 Å². The second kappa shape index (κ2) is 17.6. The molecular weight excluding hydrogens is 506 g/mol. The number of carboxylic acid groups (broad SMARTS) is 2. The first kappa shape index (κ1) is 33.3. The van der Waals surface area contributed by atoms with Gasteiger partial charge in [0.05, 0.1) is 35.4 Å². The molecule has 0 radical (unpaired) electrons. The van der Waals surface area contributed by atoms with Gasteiger partial charge in [-0.25, -0.2) is 4.79 Å². The first-order valence-electron chi connectivity index (χ1n) is 9.40. The molecule has 0 aromatic heterocycles. The van der Waals surface area contributed by atoms with E-state index in [-0.39, 0.29) is 115 Å². The maximum atomic E-state index is 12.2. The van der Waals surface area contributed by atoms with Gasteiger partial charge in [0.1, 0.15) is 23.0 Å². The molecule has 0 saturated heterocycles. The van der Waals surface area contributed by atoms with Gasteiger partial charge in [-0.3, -0.25) is 0 Å². The van der Waals surface area contributed by atoms with Crippen molar-refractivity contribution in [3.63, 3.8) is 0 Å². The Morgan fingerprint density at radius 1 is 0.743 bits per heavy atom. The van der Waals surface area contributed by atoms with Crippen molar-refractivity contribution in [1.82, 2.24) is 0 Å². The molecule has 0 bridgehead atoms. The first-order chi connectivity index (χ1) is 15.8. The fraction of sp³-hybridized carbons (Fsp3) is 0.0833. The maximum absolute atomic E-state index is 12.2. The summed E-state index contributed by atoms with van der Waals surface area (Å²) in [6.07, 6.45) is -2.33. The number of carbonyl (C=O) groups excluding carboxylic acids is 2. The van der Waals surface area contributed by atoms with E-state index in [0.717, 1.165) is 0 Å². The Balaban J connectivity index is 0.00000179. The number of esters is 1. The van der Waals surface area contributed by atoms with Crippen LogP contribution in [0.5, 0.6) is 23.0 Å². The van der Waals surface area contributed by atoms with Gasteiger partial charge in [0.15, 0.2) is 0 Å². The summed E-state index contributed by atoms with van der Waals surface area (Å²) in [5.41, 5.74) is 1.31. The number of carbonyl (C=O) groups is 2. The number of hydrogen-bond donors (Lipinski definition) is 0. The van der Waals surface area contributed by atoms with Gasteiger partial charge in [-0.05, 0) is 73.7 Å². The van der Waals surface area contributed by atoms with Crippen LogP contribution in [0.15, 0.2) is 66.7 Å². The van der Waals surface area contributed by atoms with E-state index in [1.807, 2.05) is 12.1 Å². The predicted molar refractivity (Wildman–Crippen MR) is 110 cm³/mol. The molecule has 11 heteroatoms. The SMILES string of the molecule is CCOC(=O)c1cc(Oc2ccc(C#N)cc2)cc(Oc2ccc(C#N)cc2)c1.O=C([O-])[O-].[K+].[K+]. The van der Waals surface area contributed by atoms with E-state index < -0.39 is 12.1 Å². The van der Waals surface area contributed by atoms with E-state index in [4.69, 9.17) is 39.7 Å². The fourth-order valence-electron chi connectivity index (χ4n) is 2.49. The van der Waals surface area contributed by atoms with Crippen molar-refractivity contribution in [2.45, 2.75) is 6.92 Å². The molecule has 166 valence electrons. The summed E-state index contributed by atoms with van der Waals surface area (Å²) in [6, 6.07) is 22.0. The predicted octanol–water partition coefficient (Wildman–Crippen LogP) is -3.25. The molecule has 35 heavy (non-hydrogen) atoms. The summed E-state index contributed by atoms with van der Waals surface area (Å²) in [5.74, 6) is 1.28. The normalized spacial score (nSPS) is 8.77. The molecule has 0 unspecified atom stereocenters. The van der Waals surface area contributed by atoms with Gasteiger partial charge in [0.2, 0.25) is 0 Å². The number of nitriles is 2. The molecule has 0 aliphatic heterocycles. The van der Waals surface area contributed by atoms with Crippen molar-refractivity contribution in [2.75, 3.05) is 6.61 Å². The second-order valence-corrected chi connectivity index (χ2v) is 6.14. The molecule has 3 aromatic rings. The smallest absolute Gasteiger partial charge is 0.652 e. The summed E-state index contributed by atoms with van der Waals surface area (Å²) >= 11 is 0. The van der Waals surface area contributed by atoms with Crippen molar-refractivity contribution >= 4 is 12.1 Å². The first-order valence-corrected chi connectivity index (χ1v) is 9.40. The van der Waals surface area contributed by atoms with Crippen LogP contribution in [0.4, 0.5) is 4.79 Å². The molecular formula is C24H16K2N2O7. The summed E-state index contributed by atoms with van der Waals surface area (Å²) < 4.78 is 16.7. The van der Waals surface area contributed by atoms with E-state index in [2.05, 4.69) is 0 Å². The third-order valence-electron chi connectivity index (χ3n) is 3.83. The minimum absolute atomic E-state index is 0. The molecule has 0 heterocycles. The fourth-order valence-corrected chi connectivity index (χ4v) is 2.49. The molecule has 0 amide bonds. The van der Waals surface area contributed by atoms with Gasteiger partial charge in [0, 0.05) is 6.07 Å². The van der Waals surface area contributed by atoms with Crippen LogP contribution in [0.1, 0.15) is 28.4 Å². The van der Waals surface area contributed by atoms with Crippen LogP contribution in [-0.4, -0.2) is 18.7 Å².